The van der Waals surface area contributed by atoms with Crippen molar-refractivity contribution < 1.29 is 67.7 Å². The normalized spacial score (nSPS) is 16.3. The quantitative estimate of drug-likeness (QED) is 0.0461. The molecule has 2 atom stereocenters. The van der Waals surface area contributed by atoms with Crippen molar-refractivity contribution in [1.29, 1.82) is 0 Å². The van der Waals surface area contributed by atoms with Crippen LogP contribution in [0.2, 0.25) is 0 Å². The lowest BCUT2D eigenvalue weighted by Gasteiger charge is -2.32. The molecule has 18 nitrogen and oxygen atoms in total. The molecule has 444 valence electrons. The van der Waals surface area contributed by atoms with Crippen LogP contribution in [0.15, 0.2) is 101 Å². The molecule has 0 bridgehead atoms. The van der Waals surface area contributed by atoms with Gasteiger partial charge in [0.05, 0.1) is 38.3 Å². The van der Waals surface area contributed by atoms with E-state index in [4.69, 9.17) is 64.9 Å². The fourth-order valence-corrected chi connectivity index (χ4v) is 6.22. The van der Waals surface area contributed by atoms with Crippen LogP contribution in [-0.2, 0) is 46.7 Å². The SMILES string of the molecule is CC(Cl)C(=O)Cl.CC(Cl)C(=O)Nc1cccc(-c2cnc(C(F)(F)F)nc2)n1.CC1(C)OB(B2OC(C)(C)C(C)(C)O2)OC1(C)C.FC(F)(F)c1ncc(Br)cn1.Nc1cccc(-c2cnc(C(F)(F)F)nc2)n1.Nc1cccc(Br)n1. The molecule has 2 fully saturated rings. The summed E-state index contributed by atoms with van der Waals surface area (Å²) in [5.74, 6) is -2.91. The van der Waals surface area contributed by atoms with Gasteiger partial charge < -0.3 is 35.4 Å². The molecule has 6 aromatic heterocycles. The van der Waals surface area contributed by atoms with Gasteiger partial charge in [0.25, 0.3) is 0 Å². The van der Waals surface area contributed by atoms with Gasteiger partial charge in [0, 0.05) is 48.3 Å². The molecule has 8 heterocycles. The van der Waals surface area contributed by atoms with E-state index >= 15 is 0 Å². The number of aromatic nitrogens is 9. The van der Waals surface area contributed by atoms with E-state index in [1.807, 2.05) is 67.5 Å². The Bertz CT molecular complexity index is 2950. The van der Waals surface area contributed by atoms with Gasteiger partial charge in [-0.1, -0.05) is 18.2 Å². The summed E-state index contributed by atoms with van der Waals surface area (Å²) in [6.45, 7) is 19.2. The Balaban J connectivity index is 0.000000270. The summed E-state index contributed by atoms with van der Waals surface area (Å²) < 4.78 is 134. The average Bonchev–Trinajstić information content (AvgIpc) is 3.88. The fraction of sp³-hybridized carbons (Fsp3) is 0.396. The number of rotatable bonds is 6. The van der Waals surface area contributed by atoms with Crippen LogP contribution in [0.3, 0.4) is 0 Å². The van der Waals surface area contributed by atoms with Crippen molar-refractivity contribution in [2.75, 3.05) is 16.8 Å². The van der Waals surface area contributed by atoms with E-state index in [0.717, 1.165) is 41.8 Å². The number of amides is 1. The molecule has 2 aliphatic rings. The summed E-state index contributed by atoms with van der Waals surface area (Å²) in [5.41, 5.74) is 10.8. The minimum Gasteiger partial charge on any atom is -0.405 e. The van der Waals surface area contributed by atoms with Gasteiger partial charge in [0.1, 0.15) is 32.8 Å². The molecule has 0 saturated carbocycles. The predicted octanol–water partition coefficient (Wildman–Crippen LogP) is 12.6. The Kier molecular flexibility index (Phi) is 25.4. The van der Waals surface area contributed by atoms with Crippen molar-refractivity contribution in [3.8, 4) is 22.5 Å². The number of nitrogens with zero attached hydrogens (tertiary/aromatic N) is 9. The van der Waals surface area contributed by atoms with E-state index in [9.17, 15) is 49.1 Å². The highest BCUT2D eigenvalue weighted by Crippen LogP contribution is 2.43. The molecule has 2 unspecified atom stereocenters. The molecule has 5 N–H and O–H groups in total. The molecule has 1 amide bonds. The third-order valence-corrected chi connectivity index (χ3v) is 12.9. The maximum atomic E-state index is 12.4. The highest BCUT2D eigenvalue weighted by Gasteiger charge is 2.63. The number of pyridine rings is 3. The lowest BCUT2D eigenvalue weighted by molar-refractivity contribution is -0.145. The monoisotopic (exact) mass is 1350 g/mol. The zero-order valence-corrected chi connectivity index (χ0v) is 50.3. The van der Waals surface area contributed by atoms with Crippen molar-refractivity contribution in [2.45, 2.75) is 121 Å². The summed E-state index contributed by atoms with van der Waals surface area (Å²) in [7, 11) is -0.952. The van der Waals surface area contributed by atoms with E-state index in [1.165, 1.54) is 19.9 Å². The fourth-order valence-electron chi connectivity index (χ4n) is 5.60. The van der Waals surface area contributed by atoms with Crippen LogP contribution in [-0.4, -0.2) is 103 Å². The molecule has 34 heteroatoms. The molecule has 0 radical (unpaired) electrons. The number of carbonyl (C=O) groups excluding carboxylic acids is 2. The molecule has 0 aliphatic carbocycles. The Morgan fingerprint density at radius 1 is 0.537 bits per heavy atom. The second-order valence-corrected chi connectivity index (χ2v) is 22.2. The number of nitrogens with two attached hydrogens (primary N) is 2. The molecule has 8 rings (SSSR count). The summed E-state index contributed by atoms with van der Waals surface area (Å²) in [5, 5.41) is 0.696. The Labute approximate surface area is 497 Å². The number of nitrogen functional groups attached to an aromatic ring is 2. The van der Waals surface area contributed by atoms with E-state index < -0.39 is 71.9 Å². The van der Waals surface area contributed by atoms with Gasteiger partial charge in [-0.2, -0.15) is 39.5 Å². The summed E-state index contributed by atoms with van der Waals surface area (Å²) in [4.78, 5) is 52.3. The minimum atomic E-state index is -4.60. The molecule has 0 aromatic carbocycles. The maximum absolute atomic E-state index is 12.4. The van der Waals surface area contributed by atoms with E-state index in [-0.39, 0.29) is 34.0 Å². The first kappa shape index (κ1) is 70.9. The van der Waals surface area contributed by atoms with Crippen LogP contribution in [0, 0.1) is 0 Å². The molecule has 6 aromatic rings. The second-order valence-electron chi connectivity index (χ2n) is 18.8. The smallest absolute Gasteiger partial charge is 0.405 e. The zero-order valence-electron chi connectivity index (χ0n) is 44.9. The first-order valence-corrected chi connectivity index (χ1v) is 26.3. The second kappa shape index (κ2) is 29.4. The van der Waals surface area contributed by atoms with Gasteiger partial charge in [-0.05, 0) is 149 Å². The van der Waals surface area contributed by atoms with Gasteiger partial charge in [0.2, 0.25) is 28.6 Å². The van der Waals surface area contributed by atoms with Gasteiger partial charge in [-0.3, -0.25) is 9.59 Å². The Hall–Kier alpha value is -5.40. The summed E-state index contributed by atoms with van der Waals surface area (Å²) >= 11 is 21.7. The van der Waals surface area contributed by atoms with Gasteiger partial charge in [0.15, 0.2) is 0 Å². The number of halogens is 14. The largest absolute Gasteiger partial charge is 0.488 e. The van der Waals surface area contributed by atoms with Crippen LogP contribution >= 0.6 is 66.7 Å². The maximum Gasteiger partial charge on any atom is 0.488 e. The lowest BCUT2D eigenvalue weighted by Crippen LogP contribution is -2.41. The molecule has 2 aliphatic heterocycles. The van der Waals surface area contributed by atoms with Crippen molar-refractivity contribution in [3.63, 3.8) is 0 Å². The van der Waals surface area contributed by atoms with Crippen LogP contribution in [0.25, 0.3) is 22.5 Å². The minimum absolute atomic E-state index is 0.231. The van der Waals surface area contributed by atoms with Crippen LogP contribution in [0.1, 0.15) is 86.7 Å². The highest BCUT2D eigenvalue weighted by atomic mass is 79.9. The van der Waals surface area contributed by atoms with Crippen LogP contribution < -0.4 is 16.8 Å². The summed E-state index contributed by atoms with van der Waals surface area (Å²) in [6, 6.07) is 14.9. The summed E-state index contributed by atoms with van der Waals surface area (Å²) in [6.07, 6.45) is -7.32. The number of nitrogens with one attached hydrogen (secondary N) is 1. The lowest BCUT2D eigenvalue weighted by atomic mass is 9.49. The number of hydrogen-bond donors (Lipinski definition) is 3. The Morgan fingerprint density at radius 2 is 0.854 bits per heavy atom. The first-order chi connectivity index (χ1) is 37.5. The first-order valence-electron chi connectivity index (χ1n) is 23.5. The molecule has 2 saturated heterocycles. The van der Waals surface area contributed by atoms with Gasteiger partial charge in [-0.15, -0.1) is 23.2 Å². The topological polar surface area (TPSA) is 251 Å². The van der Waals surface area contributed by atoms with Crippen molar-refractivity contribution in [1.82, 2.24) is 44.9 Å². The van der Waals surface area contributed by atoms with Crippen molar-refractivity contribution >= 4 is 109 Å². The standard InChI is InChI=1S/C13H10ClF3N4O.C12H24B2O4.C10H7F3N4.C5H2BrF3N2.C5H5BrN2.C3H4Cl2O/c1-7(14)11(22)21-10-4-2-3-9(20-10)8-5-18-12(19-6-8)13(15,16)17;1-9(2)10(3,4)16-13(15-9)14-17-11(5,6)12(7,8)18-14;11-10(12,13)9-15-4-6(5-16-9)7-2-1-3-8(14)17-7;6-3-1-10-4(11-2-3)5(7,8)9;6-4-2-1-3-5(7)8-4;1-2(4)3(5)6/h2-7H,1H3,(H,20,21,22);1-8H3;1-5H,(H2,14,17);1-2H;1-3H,(H2,7,8);2H,1H3. The average molecular weight is 1350 g/mol. The molecule has 0 spiro atoms. The van der Waals surface area contributed by atoms with Crippen LogP contribution in [0.4, 0.5) is 57.0 Å². The predicted molar refractivity (Wildman–Crippen MR) is 298 cm³/mol. The van der Waals surface area contributed by atoms with Crippen molar-refractivity contribution in [3.05, 3.63) is 118 Å². The number of anilines is 3. The highest BCUT2D eigenvalue weighted by molar-refractivity contribution is 9.10. The third-order valence-electron chi connectivity index (χ3n) is 11.2. The number of alkyl halides is 11. The number of carbonyl (C=O) groups is 2. The van der Waals surface area contributed by atoms with E-state index in [0.29, 0.717) is 32.8 Å². The van der Waals surface area contributed by atoms with Crippen molar-refractivity contribution in [2.24, 2.45) is 0 Å². The molecular formula is C48H52B2Br2Cl3F9N12O6. The van der Waals surface area contributed by atoms with E-state index in [1.54, 1.807) is 36.4 Å². The molecule has 82 heavy (non-hydrogen) atoms. The number of hydrogen-bond acceptors (Lipinski definition) is 17. The van der Waals surface area contributed by atoms with E-state index in [2.05, 4.69) is 82.0 Å². The van der Waals surface area contributed by atoms with Crippen LogP contribution in [0.5, 0.6) is 0 Å². The van der Waals surface area contributed by atoms with Gasteiger partial charge >= 0.3 is 32.5 Å². The Morgan fingerprint density at radius 3 is 1.15 bits per heavy atom. The molecular weight excluding hydrogens is 1300 g/mol. The van der Waals surface area contributed by atoms with Gasteiger partial charge in [-0.25, -0.2) is 44.9 Å². The zero-order chi connectivity index (χ0) is 62.4. The third kappa shape index (κ3) is 22.3.